The molecule has 0 bridgehead atoms. The molecule has 0 aliphatic rings. The summed E-state index contributed by atoms with van der Waals surface area (Å²) in [6, 6.07) is 20.1. The van der Waals surface area contributed by atoms with Gasteiger partial charge in [-0.15, -0.1) is 0 Å². The number of halogens is 1. The number of hydrogen-bond donors (Lipinski definition) is 1. The molecule has 3 aromatic carbocycles. The maximum atomic E-state index is 12.4. The Morgan fingerprint density at radius 2 is 1.79 bits per heavy atom. The highest BCUT2D eigenvalue weighted by Crippen LogP contribution is 2.32. The number of rotatable bonds is 5. The lowest BCUT2D eigenvalue weighted by Crippen LogP contribution is -2.09. The lowest BCUT2D eigenvalue weighted by atomic mass is 10.1. The number of fused-ring (bicyclic) bond motifs is 1. The minimum Gasteiger partial charge on any atom is -0.493 e. The van der Waals surface area contributed by atoms with E-state index in [9.17, 15) is 4.79 Å². The van der Waals surface area contributed by atoms with E-state index in [0.29, 0.717) is 39.9 Å². The molecule has 0 atom stereocenters. The molecule has 1 heterocycles. The molecule has 0 radical (unpaired) electrons. The number of methoxy groups -OCH3 is 1. The second-order valence-corrected chi connectivity index (χ2v) is 6.58. The van der Waals surface area contributed by atoms with E-state index in [2.05, 4.69) is 9.97 Å². The standard InChI is InChI=1S/C22H17ClN2O3/c1-27-19-11-10-14(12-20(19)28-13-15-6-2-4-8-17(15)23)21-24-18-9-5-3-7-16(18)22(26)25-21/h2-12H,13H2,1H3,(H,24,25,26). The smallest absolute Gasteiger partial charge is 0.259 e. The summed E-state index contributed by atoms with van der Waals surface area (Å²) in [7, 11) is 1.58. The summed E-state index contributed by atoms with van der Waals surface area (Å²) in [5.41, 5.74) is 2.04. The van der Waals surface area contributed by atoms with E-state index in [1.165, 1.54) is 0 Å². The van der Waals surface area contributed by atoms with Gasteiger partial charge < -0.3 is 14.5 Å². The van der Waals surface area contributed by atoms with Crippen molar-refractivity contribution >= 4 is 22.5 Å². The van der Waals surface area contributed by atoms with Crippen molar-refractivity contribution in [3.05, 3.63) is 87.7 Å². The van der Waals surface area contributed by atoms with Crippen LogP contribution in [0.2, 0.25) is 5.02 Å². The maximum Gasteiger partial charge on any atom is 0.259 e. The summed E-state index contributed by atoms with van der Waals surface area (Å²) < 4.78 is 11.3. The molecule has 0 aliphatic carbocycles. The highest BCUT2D eigenvalue weighted by atomic mass is 35.5. The third kappa shape index (κ3) is 3.57. The third-order valence-corrected chi connectivity index (χ3v) is 4.76. The predicted molar refractivity (Wildman–Crippen MR) is 110 cm³/mol. The normalized spacial score (nSPS) is 10.8. The average Bonchev–Trinajstić information content (AvgIpc) is 2.73. The topological polar surface area (TPSA) is 64.2 Å². The predicted octanol–water partition coefficient (Wildman–Crippen LogP) is 4.83. The van der Waals surface area contributed by atoms with E-state index in [0.717, 1.165) is 11.1 Å². The quantitative estimate of drug-likeness (QED) is 0.528. The molecule has 4 rings (SSSR count). The number of hydrogen-bond acceptors (Lipinski definition) is 4. The van der Waals surface area contributed by atoms with Gasteiger partial charge in [-0.2, -0.15) is 0 Å². The van der Waals surface area contributed by atoms with Crippen LogP contribution < -0.4 is 15.0 Å². The highest BCUT2D eigenvalue weighted by molar-refractivity contribution is 6.31. The van der Waals surface area contributed by atoms with Crippen molar-refractivity contribution in [3.63, 3.8) is 0 Å². The molecule has 28 heavy (non-hydrogen) atoms. The van der Waals surface area contributed by atoms with Crippen LogP contribution in [-0.2, 0) is 6.61 Å². The summed E-state index contributed by atoms with van der Waals surface area (Å²) in [6.45, 7) is 0.293. The summed E-state index contributed by atoms with van der Waals surface area (Å²) in [6.07, 6.45) is 0. The number of aromatic amines is 1. The molecule has 4 aromatic rings. The number of nitrogens with zero attached hydrogens (tertiary/aromatic N) is 1. The Morgan fingerprint density at radius 3 is 2.61 bits per heavy atom. The number of benzene rings is 3. The lowest BCUT2D eigenvalue weighted by Gasteiger charge is -2.13. The Labute approximate surface area is 166 Å². The molecule has 0 unspecified atom stereocenters. The van der Waals surface area contributed by atoms with Gasteiger partial charge in [0, 0.05) is 16.1 Å². The summed E-state index contributed by atoms with van der Waals surface area (Å²) in [4.78, 5) is 19.8. The number of H-pyrrole nitrogens is 1. The van der Waals surface area contributed by atoms with E-state index in [1.807, 2.05) is 48.5 Å². The van der Waals surface area contributed by atoms with Crippen molar-refractivity contribution in [2.45, 2.75) is 6.61 Å². The van der Waals surface area contributed by atoms with Gasteiger partial charge in [-0.25, -0.2) is 4.98 Å². The highest BCUT2D eigenvalue weighted by Gasteiger charge is 2.11. The molecule has 0 spiro atoms. The zero-order valence-corrected chi connectivity index (χ0v) is 15.9. The van der Waals surface area contributed by atoms with E-state index in [4.69, 9.17) is 21.1 Å². The minimum absolute atomic E-state index is 0.185. The van der Waals surface area contributed by atoms with Crippen molar-refractivity contribution < 1.29 is 9.47 Å². The molecular formula is C22H17ClN2O3. The summed E-state index contributed by atoms with van der Waals surface area (Å²) >= 11 is 6.20. The molecule has 1 aromatic heterocycles. The number of para-hydroxylation sites is 1. The first-order valence-corrected chi connectivity index (χ1v) is 9.07. The molecule has 6 heteroatoms. The molecule has 5 nitrogen and oxygen atoms in total. The van der Waals surface area contributed by atoms with Crippen LogP contribution in [0, 0.1) is 0 Å². The van der Waals surface area contributed by atoms with Crippen LogP contribution >= 0.6 is 11.6 Å². The molecule has 0 aliphatic heterocycles. The van der Waals surface area contributed by atoms with Gasteiger partial charge in [0.1, 0.15) is 12.4 Å². The van der Waals surface area contributed by atoms with Gasteiger partial charge in [-0.05, 0) is 36.4 Å². The van der Waals surface area contributed by atoms with Crippen molar-refractivity contribution in [1.82, 2.24) is 9.97 Å². The van der Waals surface area contributed by atoms with Gasteiger partial charge in [-0.3, -0.25) is 4.79 Å². The molecule has 0 amide bonds. The van der Waals surface area contributed by atoms with Crippen LogP contribution in [0.5, 0.6) is 11.5 Å². The van der Waals surface area contributed by atoms with Gasteiger partial charge >= 0.3 is 0 Å². The van der Waals surface area contributed by atoms with Gasteiger partial charge in [0.05, 0.1) is 18.0 Å². The van der Waals surface area contributed by atoms with Crippen molar-refractivity contribution in [3.8, 4) is 22.9 Å². The first-order chi connectivity index (χ1) is 13.7. The molecule has 0 fully saturated rings. The molecule has 1 N–H and O–H groups in total. The van der Waals surface area contributed by atoms with Crippen molar-refractivity contribution in [2.24, 2.45) is 0 Å². The average molecular weight is 393 g/mol. The van der Waals surface area contributed by atoms with Crippen molar-refractivity contribution in [2.75, 3.05) is 7.11 Å². The Morgan fingerprint density at radius 1 is 1.00 bits per heavy atom. The van der Waals surface area contributed by atoms with Gasteiger partial charge in [0.15, 0.2) is 11.5 Å². The third-order valence-electron chi connectivity index (χ3n) is 4.39. The fourth-order valence-corrected chi connectivity index (χ4v) is 3.12. The Hall–Kier alpha value is -3.31. The molecular weight excluding hydrogens is 376 g/mol. The second kappa shape index (κ2) is 7.74. The van der Waals surface area contributed by atoms with Crippen LogP contribution in [0.25, 0.3) is 22.3 Å². The van der Waals surface area contributed by atoms with Crippen LogP contribution in [0.15, 0.2) is 71.5 Å². The van der Waals surface area contributed by atoms with Crippen LogP contribution in [0.4, 0.5) is 0 Å². The van der Waals surface area contributed by atoms with Gasteiger partial charge in [0.2, 0.25) is 0 Å². The first kappa shape index (κ1) is 18.1. The largest absolute Gasteiger partial charge is 0.493 e. The van der Waals surface area contributed by atoms with Crippen LogP contribution in [0.3, 0.4) is 0 Å². The number of aromatic nitrogens is 2. The van der Waals surface area contributed by atoms with E-state index < -0.39 is 0 Å². The Bertz CT molecular complexity index is 1200. The number of ether oxygens (including phenoxy) is 2. The maximum absolute atomic E-state index is 12.4. The Balaban J connectivity index is 1.70. The zero-order chi connectivity index (χ0) is 19.5. The summed E-state index contributed by atoms with van der Waals surface area (Å²) in [5, 5.41) is 1.19. The van der Waals surface area contributed by atoms with Gasteiger partial charge in [0.25, 0.3) is 5.56 Å². The second-order valence-electron chi connectivity index (χ2n) is 6.18. The Kier molecular flexibility index (Phi) is 5.00. The van der Waals surface area contributed by atoms with Crippen LogP contribution in [-0.4, -0.2) is 17.1 Å². The lowest BCUT2D eigenvalue weighted by molar-refractivity contribution is 0.284. The monoisotopic (exact) mass is 392 g/mol. The fraction of sp³-hybridized carbons (Fsp3) is 0.0909. The van der Waals surface area contributed by atoms with E-state index in [-0.39, 0.29) is 5.56 Å². The van der Waals surface area contributed by atoms with E-state index in [1.54, 1.807) is 25.3 Å². The van der Waals surface area contributed by atoms with E-state index >= 15 is 0 Å². The summed E-state index contributed by atoms with van der Waals surface area (Å²) in [5.74, 6) is 1.59. The number of nitrogens with one attached hydrogen (secondary N) is 1. The first-order valence-electron chi connectivity index (χ1n) is 8.69. The molecule has 0 saturated carbocycles. The minimum atomic E-state index is -0.185. The SMILES string of the molecule is COc1ccc(-c2nc3ccccc3c(=O)[nH]2)cc1OCc1ccccc1Cl. The zero-order valence-electron chi connectivity index (χ0n) is 15.1. The molecule has 0 saturated heterocycles. The fourth-order valence-electron chi connectivity index (χ4n) is 2.93. The van der Waals surface area contributed by atoms with Crippen LogP contribution in [0.1, 0.15) is 5.56 Å². The molecule has 140 valence electrons. The van der Waals surface area contributed by atoms with Gasteiger partial charge in [-0.1, -0.05) is 41.9 Å². The van der Waals surface area contributed by atoms with Crippen molar-refractivity contribution in [1.29, 1.82) is 0 Å².